The predicted molar refractivity (Wildman–Crippen MR) is 125 cm³/mol. The van der Waals surface area contributed by atoms with Gasteiger partial charge in [0.25, 0.3) is 0 Å². The summed E-state index contributed by atoms with van der Waals surface area (Å²) in [5.74, 6) is -1.02. The van der Waals surface area contributed by atoms with Crippen LogP contribution in [0, 0.1) is 0 Å². The molecule has 0 saturated heterocycles. The number of alkyl halides is 3. The van der Waals surface area contributed by atoms with Gasteiger partial charge in [0.05, 0.1) is 17.6 Å². The molecule has 1 aliphatic rings. The van der Waals surface area contributed by atoms with Gasteiger partial charge in [0.15, 0.2) is 0 Å². The third-order valence-electron chi connectivity index (χ3n) is 6.01. The molecule has 4 rings (SSSR count). The Morgan fingerprint density at radius 2 is 1.43 bits per heavy atom. The number of aliphatic hydroxyl groups is 1. The molecule has 2 amide bonds. The van der Waals surface area contributed by atoms with E-state index in [-0.39, 0.29) is 12.1 Å². The van der Waals surface area contributed by atoms with Gasteiger partial charge >= 0.3 is 18.2 Å². The summed E-state index contributed by atoms with van der Waals surface area (Å²) in [5.41, 5.74) is 2.58. The summed E-state index contributed by atoms with van der Waals surface area (Å²) in [4.78, 5) is 23.2. The van der Waals surface area contributed by atoms with E-state index in [9.17, 15) is 27.9 Å². The fraction of sp³-hybridized carbons (Fsp3) is 0.231. The molecule has 0 saturated carbocycles. The summed E-state index contributed by atoms with van der Waals surface area (Å²) >= 11 is 0. The van der Waals surface area contributed by atoms with Crippen LogP contribution in [0.3, 0.4) is 0 Å². The first-order valence-corrected chi connectivity index (χ1v) is 10.9. The Labute approximate surface area is 199 Å². The van der Waals surface area contributed by atoms with Crippen molar-refractivity contribution in [1.29, 1.82) is 0 Å². The number of nitrogens with one attached hydrogen (secondary N) is 2. The van der Waals surface area contributed by atoms with Crippen LogP contribution < -0.4 is 10.6 Å². The van der Waals surface area contributed by atoms with Crippen LogP contribution >= 0.6 is 0 Å². The third kappa shape index (κ3) is 5.99. The number of rotatable bonds is 5. The molecule has 4 N–H and O–H groups in total. The Balaban J connectivity index is 1.38. The van der Waals surface area contributed by atoms with Crippen LogP contribution in [-0.2, 0) is 23.8 Å². The molecule has 0 fully saturated rings. The highest BCUT2D eigenvalue weighted by Gasteiger charge is 2.34. The lowest BCUT2D eigenvalue weighted by Crippen LogP contribution is -2.38. The second kappa shape index (κ2) is 9.42. The van der Waals surface area contributed by atoms with Gasteiger partial charge in [0.2, 0.25) is 0 Å². The molecule has 0 heterocycles. The molecular formula is C26H23F3N2O4. The predicted octanol–water partition coefficient (Wildman–Crippen LogP) is 5.71. The van der Waals surface area contributed by atoms with Crippen LogP contribution in [0.2, 0.25) is 0 Å². The first-order chi connectivity index (χ1) is 16.5. The molecule has 0 aliphatic heterocycles. The van der Waals surface area contributed by atoms with Crippen molar-refractivity contribution in [2.75, 3.05) is 10.6 Å². The number of benzene rings is 3. The van der Waals surface area contributed by atoms with E-state index in [4.69, 9.17) is 5.11 Å². The van der Waals surface area contributed by atoms with Crippen molar-refractivity contribution < 1.29 is 33.0 Å². The van der Waals surface area contributed by atoms with Gasteiger partial charge in [-0.2, -0.15) is 13.2 Å². The Hall–Kier alpha value is -3.85. The number of halogens is 3. The minimum absolute atomic E-state index is 0.233. The second-order valence-electron chi connectivity index (χ2n) is 8.69. The summed E-state index contributed by atoms with van der Waals surface area (Å²) in [5, 5.41) is 24.7. The van der Waals surface area contributed by atoms with Crippen LogP contribution in [-0.4, -0.2) is 27.8 Å². The average molecular weight is 484 g/mol. The molecule has 3 aromatic rings. The van der Waals surface area contributed by atoms with Crippen molar-refractivity contribution in [1.82, 2.24) is 0 Å². The number of anilines is 2. The number of urea groups is 1. The topological polar surface area (TPSA) is 98.7 Å². The molecule has 35 heavy (non-hydrogen) atoms. The lowest BCUT2D eigenvalue weighted by Gasteiger charge is -2.32. The molecule has 0 spiro atoms. The molecule has 1 atom stereocenters. The minimum atomic E-state index is -4.44. The zero-order valence-electron chi connectivity index (χ0n) is 18.5. The summed E-state index contributed by atoms with van der Waals surface area (Å²) in [6.45, 7) is 0. The molecule has 6 nitrogen and oxygen atoms in total. The highest BCUT2D eigenvalue weighted by molar-refractivity contribution is 5.99. The van der Waals surface area contributed by atoms with E-state index in [1.807, 2.05) is 30.3 Å². The van der Waals surface area contributed by atoms with Crippen molar-refractivity contribution in [3.63, 3.8) is 0 Å². The van der Waals surface area contributed by atoms with Crippen molar-refractivity contribution in [3.05, 3.63) is 83.4 Å². The SMILES string of the molecule is O=C(O)CC1(O)CCc2cc(-c3ccc(NC(=O)Nc4ccc(C(F)(F)F)cc4)cc3)ccc2C1. The van der Waals surface area contributed by atoms with Crippen molar-refractivity contribution in [3.8, 4) is 11.1 Å². The Kier molecular flexibility index (Phi) is 6.53. The Bertz CT molecular complexity index is 1240. The summed E-state index contributed by atoms with van der Waals surface area (Å²) in [6.07, 6.45) is -3.46. The normalized spacial score (nSPS) is 17.4. The third-order valence-corrected chi connectivity index (χ3v) is 6.01. The average Bonchev–Trinajstić information content (AvgIpc) is 2.78. The number of carboxylic acid groups (broad SMARTS) is 1. The van der Waals surface area contributed by atoms with Gasteiger partial charge in [-0.25, -0.2) is 4.79 Å². The lowest BCUT2D eigenvalue weighted by molar-refractivity contribution is -0.143. The number of carboxylic acids is 1. The molecule has 9 heteroatoms. The monoisotopic (exact) mass is 484 g/mol. The van der Waals surface area contributed by atoms with Crippen LogP contribution in [0.5, 0.6) is 0 Å². The van der Waals surface area contributed by atoms with Crippen molar-refractivity contribution >= 4 is 23.4 Å². The Morgan fingerprint density at radius 3 is 2.00 bits per heavy atom. The van der Waals surface area contributed by atoms with Gasteiger partial charge in [-0.15, -0.1) is 0 Å². The second-order valence-corrected chi connectivity index (χ2v) is 8.69. The number of carbonyl (C=O) groups excluding carboxylic acids is 1. The molecule has 0 aromatic heterocycles. The molecule has 0 radical (unpaired) electrons. The fourth-order valence-corrected chi connectivity index (χ4v) is 4.24. The number of amides is 2. The van der Waals surface area contributed by atoms with E-state index in [0.29, 0.717) is 24.9 Å². The van der Waals surface area contributed by atoms with E-state index >= 15 is 0 Å². The summed E-state index contributed by atoms with van der Waals surface area (Å²) < 4.78 is 38.0. The standard InChI is InChI=1S/C26H23F3N2O4/c27-26(28,29)20-5-9-22(10-6-20)31-24(34)30-21-7-3-16(4-8-21)17-1-2-19-14-25(35,15-23(32)33)12-11-18(19)13-17/h1-10,13,35H,11-12,14-15H2,(H,32,33)(H2,30,31,34). The molecule has 182 valence electrons. The minimum Gasteiger partial charge on any atom is -0.481 e. The van der Waals surface area contributed by atoms with E-state index in [1.165, 1.54) is 12.1 Å². The maximum Gasteiger partial charge on any atom is 0.416 e. The number of hydrogen-bond acceptors (Lipinski definition) is 3. The van der Waals surface area contributed by atoms with E-state index < -0.39 is 29.3 Å². The van der Waals surface area contributed by atoms with Gasteiger partial charge < -0.3 is 20.8 Å². The smallest absolute Gasteiger partial charge is 0.416 e. The van der Waals surface area contributed by atoms with Crippen LogP contribution in [0.1, 0.15) is 29.5 Å². The highest BCUT2D eigenvalue weighted by atomic mass is 19.4. The summed E-state index contributed by atoms with van der Waals surface area (Å²) in [6, 6.07) is 16.5. The van der Waals surface area contributed by atoms with E-state index in [1.54, 1.807) is 12.1 Å². The van der Waals surface area contributed by atoms with Gasteiger partial charge in [-0.05, 0) is 71.5 Å². The van der Waals surface area contributed by atoms with Crippen LogP contribution in [0.25, 0.3) is 11.1 Å². The molecule has 3 aromatic carbocycles. The number of aryl methyl sites for hydroxylation is 1. The van der Waals surface area contributed by atoms with Gasteiger partial charge in [-0.1, -0.05) is 30.3 Å². The molecular weight excluding hydrogens is 461 g/mol. The zero-order valence-corrected chi connectivity index (χ0v) is 18.5. The van der Waals surface area contributed by atoms with Crippen LogP contribution in [0.4, 0.5) is 29.3 Å². The Morgan fingerprint density at radius 1 is 0.857 bits per heavy atom. The first-order valence-electron chi connectivity index (χ1n) is 10.9. The first kappa shape index (κ1) is 24.3. The van der Waals surface area contributed by atoms with Gasteiger partial charge in [0, 0.05) is 17.8 Å². The molecule has 0 bridgehead atoms. The largest absolute Gasteiger partial charge is 0.481 e. The van der Waals surface area contributed by atoms with Crippen molar-refractivity contribution in [2.24, 2.45) is 0 Å². The number of aliphatic carboxylic acids is 1. The van der Waals surface area contributed by atoms with Crippen molar-refractivity contribution in [2.45, 2.75) is 37.5 Å². The molecule has 1 aliphatic carbocycles. The van der Waals surface area contributed by atoms with Gasteiger partial charge in [-0.3, -0.25) is 4.79 Å². The summed E-state index contributed by atoms with van der Waals surface area (Å²) in [7, 11) is 0. The zero-order chi connectivity index (χ0) is 25.2. The molecule has 1 unspecified atom stereocenters. The maximum atomic E-state index is 12.7. The number of fused-ring (bicyclic) bond motifs is 1. The fourth-order valence-electron chi connectivity index (χ4n) is 4.24. The van der Waals surface area contributed by atoms with Gasteiger partial charge in [0.1, 0.15) is 0 Å². The van der Waals surface area contributed by atoms with Crippen LogP contribution in [0.15, 0.2) is 66.7 Å². The number of carbonyl (C=O) groups is 2. The van der Waals surface area contributed by atoms with E-state index in [2.05, 4.69) is 10.6 Å². The lowest BCUT2D eigenvalue weighted by atomic mass is 9.78. The van der Waals surface area contributed by atoms with E-state index in [0.717, 1.165) is 34.4 Å². The quantitative estimate of drug-likeness (QED) is 0.373. The maximum absolute atomic E-state index is 12.7. The number of hydrogen-bond donors (Lipinski definition) is 4. The highest BCUT2D eigenvalue weighted by Crippen LogP contribution is 2.34.